The minimum atomic E-state index is 0. The lowest BCUT2D eigenvalue weighted by Gasteiger charge is -2.36. The van der Waals surface area contributed by atoms with Gasteiger partial charge in [0.1, 0.15) is 0 Å². The average molecular weight is 282 g/mol. The van der Waals surface area contributed by atoms with Crippen molar-refractivity contribution in [3.05, 3.63) is 24.3 Å². The topological polar surface area (TPSA) is 35.6 Å². The Bertz CT molecular complexity index is 460. The van der Waals surface area contributed by atoms with Gasteiger partial charge in [0.25, 0.3) is 0 Å². The second-order valence-electron chi connectivity index (χ2n) is 5.09. The number of nitrogens with one attached hydrogen (secondary N) is 1. The van der Waals surface area contributed by atoms with E-state index in [1.165, 1.54) is 0 Å². The highest BCUT2D eigenvalue weighted by Crippen LogP contribution is 2.33. The Hall–Kier alpha value is -1.26. The van der Waals surface area contributed by atoms with Gasteiger partial charge in [-0.3, -0.25) is 4.79 Å². The fourth-order valence-corrected chi connectivity index (χ4v) is 2.82. The van der Waals surface area contributed by atoms with E-state index in [1.807, 2.05) is 23.1 Å². The number of rotatable bonds is 1. The second kappa shape index (κ2) is 5.80. The van der Waals surface area contributed by atoms with Gasteiger partial charge in [-0.25, -0.2) is 0 Å². The van der Waals surface area contributed by atoms with Gasteiger partial charge in [-0.2, -0.15) is 0 Å². The van der Waals surface area contributed by atoms with Gasteiger partial charge in [0.05, 0.1) is 17.3 Å². The fraction of sp³-hybridized carbons (Fsp3) is 0.500. The molecule has 2 heterocycles. The van der Waals surface area contributed by atoms with E-state index in [1.54, 1.807) is 0 Å². The summed E-state index contributed by atoms with van der Waals surface area (Å²) in [6, 6.07) is 8.17. The van der Waals surface area contributed by atoms with Crippen LogP contribution in [0.1, 0.15) is 6.42 Å². The molecule has 1 atom stereocenters. The number of benzene rings is 1. The van der Waals surface area contributed by atoms with Crippen molar-refractivity contribution in [3.63, 3.8) is 0 Å². The molecule has 1 fully saturated rings. The molecule has 19 heavy (non-hydrogen) atoms. The predicted octanol–water partition coefficient (Wildman–Crippen LogP) is 1.50. The number of hydrogen-bond acceptors (Lipinski definition) is 3. The van der Waals surface area contributed by atoms with Gasteiger partial charge in [-0.05, 0) is 25.1 Å². The molecular weight excluding hydrogens is 262 g/mol. The first-order valence-electron chi connectivity index (χ1n) is 6.59. The summed E-state index contributed by atoms with van der Waals surface area (Å²) in [4.78, 5) is 16.7. The van der Waals surface area contributed by atoms with Crippen LogP contribution in [0.2, 0.25) is 0 Å². The molecule has 0 bridgehead atoms. The standard InChI is InChI=1S/C14H19N3O.ClH/c1-16-8-9-17(13-5-3-2-4-12(13)16)14(18)11-6-7-15-10-11;/h2-5,11,15H,6-10H2,1H3;1H. The van der Waals surface area contributed by atoms with Crippen LogP contribution in [0.25, 0.3) is 0 Å². The Kier molecular flexibility index (Phi) is 4.32. The zero-order valence-corrected chi connectivity index (χ0v) is 11.9. The largest absolute Gasteiger partial charge is 0.371 e. The van der Waals surface area contributed by atoms with Crippen molar-refractivity contribution >= 4 is 29.7 Å². The summed E-state index contributed by atoms with van der Waals surface area (Å²) in [5.74, 6) is 0.432. The van der Waals surface area contributed by atoms with Gasteiger partial charge in [0, 0.05) is 26.7 Å². The third-order valence-electron chi connectivity index (χ3n) is 3.92. The number of carbonyl (C=O) groups is 1. The van der Waals surface area contributed by atoms with Gasteiger partial charge in [0.15, 0.2) is 0 Å². The SMILES string of the molecule is CN1CCN(C(=O)C2CCNC2)c2ccccc21.Cl. The first-order chi connectivity index (χ1) is 8.77. The number of para-hydroxylation sites is 2. The summed E-state index contributed by atoms with van der Waals surface area (Å²) < 4.78 is 0. The highest BCUT2D eigenvalue weighted by molar-refractivity contribution is 5.99. The van der Waals surface area contributed by atoms with Gasteiger partial charge < -0.3 is 15.1 Å². The molecule has 0 radical (unpaired) electrons. The van der Waals surface area contributed by atoms with Crippen molar-refractivity contribution in [3.8, 4) is 0 Å². The lowest BCUT2D eigenvalue weighted by molar-refractivity contribution is -0.121. The Morgan fingerprint density at radius 3 is 2.68 bits per heavy atom. The Labute approximate surface area is 120 Å². The van der Waals surface area contributed by atoms with Crippen LogP contribution < -0.4 is 15.1 Å². The fourth-order valence-electron chi connectivity index (χ4n) is 2.82. The van der Waals surface area contributed by atoms with E-state index in [0.717, 1.165) is 44.0 Å². The van der Waals surface area contributed by atoms with Crippen molar-refractivity contribution < 1.29 is 4.79 Å². The molecule has 1 N–H and O–H groups in total. The summed E-state index contributed by atoms with van der Waals surface area (Å²) in [7, 11) is 2.08. The monoisotopic (exact) mass is 281 g/mol. The van der Waals surface area contributed by atoms with E-state index in [-0.39, 0.29) is 24.2 Å². The van der Waals surface area contributed by atoms with E-state index in [2.05, 4.69) is 23.3 Å². The molecule has 4 nitrogen and oxygen atoms in total. The third-order valence-corrected chi connectivity index (χ3v) is 3.92. The average Bonchev–Trinajstić information content (AvgIpc) is 2.93. The van der Waals surface area contributed by atoms with Crippen molar-refractivity contribution in [2.75, 3.05) is 43.0 Å². The Morgan fingerprint density at radius 2 is 2.00 bits per heavy atom. The molecule has 0 aromatic heterocycles. The molecule has 104 valence electrons. The highest BCUT2D eigenvalue weighted by Gasteiger charge is 2.31. The van der Waals surface area contributed by atoms with Crippen molar-refractivity contribution in [1.29, 1.82) is 0 Å². The second-order valence-corrected chi connectivity index (χ2v) is 5.09. The molecular formula is C14H20ClN3O. The molecule has 1 aromatic rings. The van der Waals surface area contributed by atoms with Crippen LogP contribution in [0, 0.1) is 5.92 Å². The summed E-state index contributed by atoms with van der Waals surface area (Å²) in [6.07, 6.45) is 0.966. The number of anilines is 2. The zero-order chi connectivity index (χ0) is 12.5. The summed E-state index contributed by atoms with van der Waals surface area (Å²) in [6.45, 7) is 3.49. The molecule has 0 aliphatic carbocycles. The van der Waals surface area contributed by atoms with Crippen LogP contribution in [-0.2, 0) is 4.79 Å². The van der Waals surface area contributed by atoms with Gasteiger partial charge >= 0.3 is 0 Å². The van der Waals surface area contributed by atoms with Crippen LogP contribution in [0.4, 0.5) is 11.4 Å². The molecule has 1 unspecified atom stereocenters. The summed E-state index contributed by atoms with van der Waals surface area (Å²) >= 11 is 0. The first-order valence-corrected chi connectivity index (χ1v) is 6.59. The molecule has 3 rings (SSSR count). The number of fused-ring (bicyclic) bond motifs is 1. The van der Waals surface area contributed by atoms with Gasteiger partial charge in [0.2, 0.25) is 5.91 Å². The number of carbonyl (C=O) groups excluding carboxylic acids is 1. The molecule has 1 aromatic carbocycles. The van der Waals surface area contributed by atoms with E-state index >= 15 is 0 Å². The lowest BCUT2D eigenvalue weighted by atomic mass is 10.1. The highest BCUT2D eigenvalue weighted by atomic mass is 35.5. The number of nitrogens with zero attached hydrogens (tertiary/aromatic N) is 2. The summed E-state index contributed by atoms with van der Waals surface area (Å²) in [5.41, 5.74) is 2.21. The number of amides is 1. The maximum absolute atomic E-state index is 12.5. The number of hydrogen-bond donors (Lipinski definition) is 1. The number of halogens is 1. The van der Waals surface area contributed by atoms with Crippen LogP contribution in [0.3, 0.4) is 0 Å². The maximum Gasteiger partial charge on any atom is 0.231 e. The summed E-state index contributed by atoms with van der Waals surface area (Å²) in [5, 5.41) is 3.27. The van der Waals surface area contributed by atoms with E-state index in [0.29, 0.717) is 0 Å². The molecule has 5 heteroatoms. The smallest absolute Gasteiger partial charge is 0.231 e. The van der Waals surface area contributed by atoms with E-state index in [4.69, 9.17) is 0 Å². The molecule has 0 spiro atoms. The quantitative estimate of drug-likeness (QED) is 0.847. The Morgan fingerprint density at radius 1 is 1.26 bits per heavy atom. The minimum Gasteiger partial charge on any atom is -0.371 e. The first kappa shape index (κ1) is 14.2. The van der Waals surface area contributed by atoms with Crippen molar-refractivity contribution in [2.45, 2.75) is 6.42 Å². The molecule has 1 amide bonds. The van der Waals surface area contributed by atoms with E-state index in [9.17, 15) is 4.79 Å². The van der Waals surface area contributed by atoms with Crippen LogP contribution in [0.5, 0.6) is 0 Å². The normalized spacial score (nSPS) is 21.8. The molecule has 2 aliphatic rings. The molecule has 1 saturated heterocycles. The van der Waals surface area contributed by atoms with Crippen molar-refractivity contribution in [2.24, 2.45) is 5.92 Å². The lowest BCUT2D eigenvalue weighted by Crippen LogP contribution is -2.45. The minimum absolute atomic E-state index is 0. The van der Waals surface area contributed by atoms with E-state index < -0.39 is 0 Å². The van der Waals surface area contributed by atoms with Crippen LogP contribution >= 0.6 is 12.4 Å². The number of likely N-dealkylation sites (N-methyl/N-ethyl adjacent to an activating group) is 1. The zero-order valence-electron chi connectivity index (χ0n) is 11.1. The molecule has 2 aliphatic heterocycles. The third kappa shape index (κ3) is 2.55. The van der Waals surface area contributed by atoms with Gasteiger partial charge in [-0.15, -0.1) is 12.4 Å². The van der Waals surface area contributed by atoms with Crippen molar-refractivity contribution in [1.82, 2.24) is 5.32 Å². The maximum atomic E-state index is 12.5. The molecule has 0 saturated carbocycles. The Balaban J connectivity index is 0.00000133. The predicted molar refractivity (Wildman–Crippen MR) is 80.3 cm³/mol. The van der Waals surface area contributed by atoms with Crippen LogP contribution in [0.15, 0.2) is 24.3 Å². The van der Waals surface area contributed by atoms with Crippen LogP contribution in [-0.4, -0.2) is 39.1 Å². The van der Waals surface area contributed by atoms with Gasteiger partial charge in [-0.1, -0.05) is 12.1 Å².